The maximum atomic E-state index is 13.9. The number of nitrogens with zero attached hydrogens (tertiary/aromatic N) is 6. The molecular weight excluding hydrogens is 891 g/mol. The van der Waals surface area contributed by atoms with Gasteiger partial charge in [0.1, 0.15) is 23.1 Å². The predicted octanol–water partition coefficient (Wildman–Crippen LogP) is 7.56. The number of benzene rings is 3. The molecule has 5 amide bonds. The monoisotopic (exact) mass is 947 g/mol. The van der Waals surface area contributed by atoms with Crippen LogP contribution < -0.4 is 30.7 Å². The standard InChI is InChI=1S/C48H57ClF3N9O6/c1-28(33-20-34(48(50,51)52)22-35(53)21-33)54-45-38-24-37(42(66-3)25-40(38)55-29(2)56-45)31-4-6-32(7-5-31)46(64)60-18-16-58(17-19-60)26-30-10-13-59(14-11-30)44(63)27-67-36-8-9-39(49)41(23-36)61-15-12-43(62)57-47(61)65/h8-9,20-25,28,30-32H,4-7,10-19,26-27,53H2,1-3H3,(H,54,55,56)(H,57,62,65)/t28-,31-,32-/m1/s1. The van der Waals surface area contributed by atoms with Crippen LogP contribution in [0.15, 0.2) is 48.5 Å². The molecule has 358 valence electrons. The molecule has 1 aliphatic carbocycles. The van der Waals surface area contributed by atoms with Crippen LogP contribution in [-0.2, 0) is 20.6 Å². The molecule has 67 heavy (non-hydrogen) atoms. The Bertz CT molecular complexity index is 2510. The summed E-state index contributed by atoms with van der Waals surface area (Å²) in [4.78, 5) is 67.9. The van der Waals surface area contributed by atoms with Gasteiger partial charge in [-0.1, -0.05) is 11.6 Å². The molecule has 1 aromatic heterocycles. The van der Waals surface area contributed by atoms with Crippen LogP contribution in [0.2, 0.25) is 5.02 Å². The number of urea groups is 1. The number of methoxy groups -OCH3 is 1. The fraction of sp³-hybridized carbons (Fsp3) is 0.500. The van der Waals surface area contributed by atoms with Gasteiger partial charge in [0.15, 0.2) is 6.61 Å². The van der Waals surface area contributed by atoms with Crippen LogP contribution in [0.4, 0.5) is 35.2 Å². The molecule has 3 aromatic carbocycles. The minimum absolute atomic E-state index is 0.0248. The first kappa shape index (κ1) is 47.6. The van der Waals surface area contributed by atoms with Crippen LogP contribution in [-0.4, -0.2) is 114 Å². The SMILES string of the molecule is COc1cc2nc(C)nc(N[C@H](C)c3cc(N)cc(C(F)(F)F)c3)c2cc1[C@H]1CC[C@H](C(=O)N2CCN(CC3CCN(C(=O)COc4ccc(Cl)c(N5CCC(=O)NC5=O)c4)CC3)CC2)CC1. The minimum atomic E-state index is -4.53. The van der Waals surface area contributed by atoms with Gasteiger partial charge >= 0.3 is 12.2 Å². The number of amides is 5. The molecule has 0 bridgehead atoms. The predicted molar refractivity (Wildman–Crippen MR) is 248 cm³/mol. The number of hydrogen-bond acceptors (Lipinski definition) is 11. The third kappa shape index (κ3) is 11.1. The average molecular weight is 948 g/mol. The number of carbonyl (C=O) groups is 4. The summed E-state index contributed by atoms with van der Waals surface area (Å²) in [6.07, 6.45) is 0.473. The number of hydrogen-bond donors (Lipinski definition) is 3. The largest absolute Gasteiger partial charge is 0.496 e. The zero-order valence-electron chi connectivity index (χ0n) is 38.0. The van der Waals surface area contributed by atoms with E-state index in [-0.39, 0.29) is 54.8 Å². The number of carbonyl (C=O) groups excluding carboxylic acids is 4. The van der Waals surface area contributed by atoms with Gasteiger partial charge in [0.2, 0.25) is 11.8 Å². The summed E-state index contributed by atoms with van der Waals surface area (Å²) in [6.45, 7) is 8.74. The number of aryl methyl sites for hydroxylation is 1. The number of nitrogens with one attached hydrogen (secondary N) is 2. The van der Waals surface area contributed by atoms with E-state index in [9.17, 15) is 32.3 Å². The smallest absolute Gasteiger partial charge is 0.416 e. The van der Waals surface area contributed by atoms with E-state index in [4.69, 9.17) is 26.8 Å². The van der Waals surface area contributed by atoms with Crippen molar-refractivity contribution < 1.29 is 41.8 Å². The van der Waals surface area contributed by atoms with Crippen molar-refractivity contribution in [2.45, 2.75) is 76.9 Å². The number of nitrogens with two attached hydrogens (primary N) is 1. The van der Waals surface area contributed by atoms with Crippen molar-refractivity contribution in [2.75, 3.05) is 82.0 Å². The Balaban J connectivity index is 0.794. The van der Waals surface area contributed by atoms with Gasteiger partial charge in [-0.25, -0.2) is 14.8 Å². The highest BCUT2D eigenvalue weighted by molar-refractivity contribution is 6.34. The van der Waals surface area contributed by atoms with Crippen LogP contribution in [0.25, 0.3) is 10.9 Å². The molecule has 0 spiro atoms. The number of fused-ring (bicyclic) bond motifs is 1. The molecule has 3 aliphatic heterocycles. The molecule has 1 saturated carbocycles. The van der Waals surface area contributed by atoms with E-state index in [1.165, 1.54) is 11.0 Å². The zero-order chi connectivity index (χ0) is 47.6. The number of piperidine rings is 1. The number of rotatable bonds is 12. The Kier molecular flexibility index (Phi) is 14.3. The number of likely N-dealkylation sites (tertiary alicyclic amines) is 1. The second-order valence-corrected chi connectivity index (χ2v) is 18.5. The van der Waals surface area contributed by atoms with Crippen LogP contribution >= 0.6 is 11.6 Å². The van der Waals surface area contributed by atoms with Gasteiger partial charge in [-0.3, -0.25) is 29.5 Å². The Morgan fingerprint density at radius 3 is 2.34 bits per heavy atom. The normalized spacial score (nSPS) is 20.4. The molecule has 19 heteroatoms. The van der Waals surface area contributed by atoms with Crippen molar-refractivity contribution in [2.24, 2.45) is 11.8 Å². The van der Waals surface area contributed by atoms with Gasteiger partial charge in [-0.15, -0.1) is 0 Å². The average Bonchev–Trinajstić information content (AvgIpc) is 3.30. The summed E-state index contributed by atoms with van der Waals surface area (Å²) < 4.78 is 52.5. The Labute approximate surface area is 392 Å². The lowest BCUT2D eigenvalue weighted by Gasteiger charge is -2.40. The molecule has 8 rings (SSSR count). The van der Waals surface area contributed by atoms with E-state index in [1.54, 1.807) is 39.2 Å². The van der Waals surface area contributed by atoms with Crippen molar-refractivity contribution in [1.82, 2.24) is 30.0 Å². The number of imide groups is 1. The van der Waals surface area contributed by atoms with Crippen molar-refractivity contribution in [3.05, 3.63) is 76.1 Å². The van der Waals surface area contributed by atoms with Crippen molar-refractivity contribution >= 4 is 63.4 Å². The van der Waals surface area contributed by atoms with Gasteiger partial charge in [0.25, 0.3) is 5.91 Å². The third-order valence-corrected chi connectivity index (χ3v) is 13.9. The lowest BCUT2D eigenvalue weighted by Crippen LogP contribution is -2.52. The number of nitrogen functional groups attached to an aromatic ring is 1. The molecule has 4 N–H and O–H groups in total. The molecule has 4 fully saturated rings. The molecule has 4 heterocycles. The van der Waals surface area contributed by atoms with E-state index in [0.29, 0.717) is 77.0 Å². The second kappa shape index (κ2) is 20.1. The Morgan fingerprint density at radius 2 is 1.66 bits per heavy atom. The first-order valence-electron chi connectivity index (χ1n) is 23.0. The fourth-order valence-electron chi connectivity index (χ4n) is 9.88. The second-order valence-electron chi connectivity index (χ2n) is 18.1. The molecule has 1 atom stereocenters. The first-order valence-corrected chi connectivity index (χ1v) is 23.3. The van der Waals surface area contributed by atoms with E-state index < -0.39 is 23.8 Å². The zero-order valence-corrected chi connectivity index (χ0v) is 38.7. The summed E-state index contributed by atoms with van der Waals surface area (Å²) in [5.41, 5.74) is 7.52. The highest BCUT2D eigenvalue weighted by Crippen LogP contribution is 2.43. The van der Waals surface area contributed by atoms with Gasteiger partial charge in [0, 0.05) is 87.9 Å². The lowest BCUT2D eigenvalue weighted by atomic mass is 9.77. The van der Waals surface area contributed by atoms with E-state index in [1.807, 2.05) is 21.9 Å². The number of alkyl halides is 3. The molecule has 0 unspecified atom stereocenters. The van der Waals surface area contributed by atoms with E-state index >= 15 is 0 Å². The Morgan fingerprint density at radius 1 is 0.925 bits per heavy atom. The minimum Gasteiger partial charge on any atom is -0.496 e. The van der Waals surface area contributed by atoms with Crippen LogP contribution in [0.3, 0.4) is 0 Å². The molecule has 4 aliphatic rings. The third-order valence-electron chi connectivity index (χ3n) is 13.6. The van der Waals surface area contributed by atoms with Gasteiger partial charge in [-0.05, 0) is 112 Å². The van der Waals surface area contributed by atoms with Crippen LogP contribution in [0, 0.1) is 18.8 Å². The van der Waals surface area contributed by atoms with Gasteiger partial charge in [-0.2, -0.15) is 13.2 Å². The summed E-state index contributed by atoms with van der Waals surface area (Å²) in [6, 6.07) is 11.2. The molecular formula is C48H57ClF3N9O6. The molecule has 4 aromatic rings. The van der Waals surface area contributed by atoms with Crippen molar-refractivity contribution in [3.8, 4) is 11.5 Å². The Hall–Kier alpha value is -5.88. The molecule has 0 radical (unpaired) electrons. The van der Waals surface area contributed by atoms with Crippen molar-refractivity contribution in [3.63, 3.8) is 0 Å². The quantitative estimate of drug-likeness (QED) is 0.120. The summed E-state index contributed by atoms with van der Waals surface area (Å²) in [7, 11) is 1.63. The van der Waals surface area contributed by atoms with Gasteiger partial charge < -0.3 is 30.3 Å². The highest BCUT2D eigenvalue weighted by atomic mass is 35.5. The lowest BCUT2D eigenvalue weighted by molar-refractivity contribution is -0.139. The number of aromatic nitrogens is 2. The van der Waals surface area contributed by atoms with E-state index in [2.05, 4.69) is 25.5 Å². The molecule has 3 saturated heterocycles. The van der Waals surface area contributed by atoms with Crippen LogP contribution in [0.1, 0.15) is 86.3 Å². The number of ether oxygens (including phenoxy) is 2. The van der Waals surface area contributed by atoms with E-state index in [0.717, 1.165) is 81.2 Å². The maximum absolute atomic E-state index is 13.9. The fourth-order valence-corrected chi connectivity index (χ4v) is 10.1. The summed E-state index contributed by atoms with van der Waals surface area (Å²) in [5, 5.41) is 6.66. The number of halogens is 4. The highest BCUT2D eigenvalue weighted by Gasteiger charge is 2.35. The summed E-state index contributed by atoms with van der Waals surface area (Å²) in [5.74, 6) is 2.36. The summed E-state index contributed by atoms with van der Waals surface area (Å²) >= 11 is 6.35. The number of piperazine rings is 1. The first-order chi connectivity index (χ1) is 32.0. The number of anilines is 3. The van der Waals surface area contributed by atoms with Gasteiger partial charge in [0.05, 0.1) is 34.9 Å². The molecule has 15 nitrogen and oxygen atoms in total. The topological polar surface area (TPSA) is 176 Å². The van der Waals surface area contributed by atoms with Crippen LogP contribution in [0.5, 0.6) is 11.5 Å². The maximum Gasteiger partial charge on any atom is 0.416 e. The van der Waals surface area contributed by atoms with Crippen molar-refractivity contribution in [1.29, 1.82) is 0 Å².